The van der Waals surface area contributed by atoms with Crippen LogP contribution >= 0.6 is 23.4 Å². The molecule has 23 heavy (non-hydrogen) atoms. The van der Waals surface area contributed by atoms with E-state index in [9.17, 15) is 0 Å². The summed E-state index contributed by atoms with van der Waals surface area (Å²) in [6.07, 6.45) is 1.08. The Morgan fingerprint density at radius 2 is 1.78 bits per heavy atom. The number of nitrogens with zero attached hydrogens (tertiary/aromatic N) is 2. The van der Waals surface area contributed by atoms with Gasteiger partial charge in [0, 0.05) is 27.4 Å². The van der Waals surface area contributed by atoms with Crippen molar-refractivity contribution in [1.29, 1.82) is 0 Å². The summed E-state index contributed by atoms with van der Waals surface area (Å²) in [6, 6.07) is 12.4. The molecule has 0 saturated carbocycles. The highest BCUT2D eigenvalue weighted by Crippen LogP contribution is 2.49. The molecular weight excluding hydrogens is 328 g/mol. The molecular formula is C18H21ClN2OS. The molecule has 0 saturated heterocycles. The number of fused-ring (bicyclic) bond motifs is 2. The first-order chi connectivity index (χ1) is 11.1. The minimum Gasteiger partial charge on any atom is -0.497 e. The molecule has 1 aliphatic heterocycles. The summed E-state index contributed by atoms with van der Waals surface area (Å²) in [6.45, 7) is 2.01. The fourth-order valence-corrected chi connectivity index (χ4v) is 3.97. The summed E-state index contributed by atoms with van der Waals surface area (Å²) in [5.74, 6) is 0.882. The van der Waals surface area contributed by atoms with E-state index in [1.807, 2.05) is 12.1 Å². The van der Waals surface area contributed by atoms with Gasteiger partial charge in [0.25, 0.3) is 0 Å². The van der Waals surface area contributed by atoms with E-state index in [-0.39, 0.29) is 0 Å². The Morgan fingerprint density at radius 1 is 1.09 bits per heavy atom. The van der Waals surface area contributed by atoms with E-state index < -0.39 is 0 Å². The molecule has 0 fully saturated rings. The van der Waals surface area contributed by atoms with Gasteiger partial charge in [-0.1, -0.05) is 23.4 Å². The van der Waals surface area contributed by atoms with E-state index in [0.29, 0.717) is 0 Å². The number of rotatable bonds is 5. The molecule has 0 aliphatic carbocycles. The van der Waals surface area contributed by atoms with Crippen LogP contribution in [0.25, 0.3) is 0 Å². The van der Waals surface area contributed by atoms with Crippen molar-refractivity contribution in [3.8, 4) is 5.75 Å². The smallest absolute Gasteiger partial charge is 0.121 e. The highest BCUT2D eigenvalue weighted by Gasteiger charge is 2.24. The highest BCUT2D eigenvalue weighted by molar-refractivity contribution is 7.99. The van der Waals surface area contributed by atoms with Crippen molar-refractivity contribution in [2.75, 3.05) is 39.2 Å². The molecule has 0 spiro atoms. The lowest BCUT2D eigenvalue weighted by atomic mass is 10.2. The van der Waals surface area contributed by atoms with E-state index in [1.165, 1.54) is 21.2 Å². The molecule has 0 bridgehead atoms. The Labute approximate surface area is 147 Å². The van der Waals surface area contributed by atoms with Gasteiger partial charge in [0.2, 0.25) is 0 Å². The number of anilines is 2. The van der Waals surface area contributed by atoms with Crippen LogP contribution in [0.5, 0.6) is 5.75 Å². The van der Waals surface area contributed by atoms with Crippen LogP contribution in [0.4, 0.5) is 11.4 Å². The van der Waals surface area contributed by atoms with Gasteiger partial charge in [0.15, 0.2) is 0 Å². The zero-order valence-electron chi connectivity index (χ0n) is 13.7. The van der Waals surface area contributed by atoms with Gasteiger partial charge in [-0.3, -0.25) is 0 Å². The summed E-state index contributed by atoms with van der Waals surface area (Å²) in [5, 5.41) is 0.772. The van der Waals surface area contributed by atoms with Gasteiger partial charge >= 0.3 is 0 Å². The number of benzene rings is 2. The molecule has 0 amide bonds. The van der Waals surface area contributed by atoms with Crippen molar-refractivity contribution >= 4 is 34.7 Å². The van der Waals surface area contributed by atoms with Gasteiger partial charge in [-0.25, -0.2) is 0 Å². The largest absolute Gasteiger partial charge is 0.497 e. The molecule has 5 heteroatoms. The normalized spacial score (nSPS) is 13.0. The van der Waals surface area contributed by atoms with Gasteiger partial charge < -0.3 is 14.5 Å². The first-order valence-corrected chi connectivity index (χ1v) is 8.85. The van der Waals surface area contributed by atoms with E-state index in [2.05, 4.69) is 48.2 Å². The summed E-state index contributed by atoms with van der Waals surface area (Å²) in [4.78, 5) is 7.07. The Morgan fingerprint density at radius 3 is 2.48 bits per heavy atom. The third-order valence-corrected chi connectivity index (χ3v) is 5.24. The van der Waals surface area contributed by atoms with Crippen LogP contribution in [0.2, 0.25) is 5.02 Å². The van der Waals surface area contributed by atoms with Crippen molar-refractivity contribution in [2.45, 2.75) is 16.2 Å². The van der Waals surface area contributed by atoms with Crippen molar-refractivity contribution in [3.05, 3.63) is 41.4 Å². The third kappa shape index (κ3) is 3.60. The molecule has 3 rings (SSSR count). The molecule has 0 N–H and O–H groups in total. The second-order valence-electron chi connectivity index (χ2n) is 5.86. The van der Waals surface area contributed by atoms with Gasteiger partial charge in [0.05, 0.1) is 18.5 Å². The summed E-state index contributed by atoms with van der Waals surface area (Å²) >= 11 is 8.03. The molecule has 3 nitrogen and oxygen atoms in total. The van der Waals surface area contributed by atoms with E-state index in [0.717, 1.165) is 30.3 Å². The maximum Gasteiger partial charge on any atom is 0.121 e. The maximum absolute atomic E-state index is 6.24. The Balaban J connectivity index is 1.98. The van der Waals surface area contributed by atoms with Gasteiger partial charge in [0.1, 0.15) is 5.75 Å². The monoisotopic (exact) mass is 348 g/mol. The van der Waals surface area contributed by atoms with Crippen LogP contribution in [0.3, 0.4) is 0 Å². The lowest BCUT2D eigenvalue weighted by molar-refractivity contribution is 0.402. The van der Waals surface area contributed by atoms with Gasteiger partial charge in [-0.05, 0) is 57.4 Å². The predicted molar refractivity (Wildman–Crippen MR) is 98.7 cm³/mol. The zero-order chi connectivity index (χ0) is 16.4. The molecule has 0 atom stereocenters. The quantitative estimate of drug-likeness (QED) is 0.763. The van der Waals surface area contributed by atoms with Gasteiger partial charge in [-0.15, -0.1) is 0 Å². The van der Waals surface area contributed by atoms with Crippen LogP contribution < -0.4 is 9.64 Å². The first-order valence-electron chi connectivity index (χ1n) is 7.66. The predicted octanol–water partition coefficient (Wildman–Crippen LogP) is 4.90. The number of ether oxygens (including phenoxy) is 1. The minimum absolute atomic E-state index is 0.772. The van der Waals surface area contributed by atoms with Crippen LogP contribution in [0.15, 0.2) is 46.2 Å². The fourth-order valence-electron chi connectivity index (χ4n) is 2.74. The summed E-state index contributed by atoms with van der Waals surface area (Å²) in [7, 11) is 5.92. The third-order valence-electron chi connectivity index (χ3n) is 3.88. The minimum atomic E-state index is 0.772. The summed E-state index contributed by atoms with van der Waals surface area (Å²) in [5.41, 5.74) is 2.38. The standard InChI is InChI=1S/C18H21ClN2OS/c1-20(2)9-4-10-21-15-11-13(19)5-7-17(15)23-18-8-6-14(22-3)12-16(18)21/h5-8,11-12H,4,9-10H2,1-3H3. The van der Waals surface area contributed by atoms with Crippen molar-refractivity contribution in [1.82, 2.24) is 4.90 Å². The van der Waals surface area contributed by atoms with Crippen molar-refractivity contribution in [2.24, 2.45) is 0 Å². The van der Waals surface area contributed by atoms with Gasteiger partial charge in [-0.2, -0.15) is 0 Å². The Hall–Kier alpha value is -1.36. The SMILES string of the molecule is COc1ccc2c(c1)N(CCCN(C)C)c1cc(Cl)ccc1S2. The second-order valence-corrected chi connectivity index (χ2v) is 7.38. The Kier molecular flexibility index (Phi) is 5.05. The number of methoxy groups -OCH3 is 1. The van der Waals surface area contributed by atoms with Crippen molar-refractivity contribution in [3.63, 3.8) is 0 Å². The van der Waals surface area contributed by atoms with Crippen LogP contribution in [0.1, 0.15) is 6.42 Å². The van der Waals surface area contributed by atoms with Crippen LogP contribution in [-0.4, -0.2) is 39.2 Å². The van der Waals surface area contributed by atoms with Crippen LogP contribution in [-0.2, 0) is 0 Å². The number of halogens is 1. The van der Waals surface area contributed by atoms with E-state index in [4.69, 9.17) is 16.3 Å². The van der Waals surface area contributed by atoms with E-state index >= 15 is 0 Å². The van der Waals surface area contributed by atoms with Crippen LogP contribution in [0, 0.1) is 0 Å². The highest BCUT2D eigenvalue weighted by atomic mass is 35.5. The van der Waals surface area contributed by atoms with E-state index in [1.54, 1.807) is 18.9 Å². The molecule has 122 valence electrons. The zero-order valence-corrected chi connectivity index (χ0v) is 15.2. The fraction of sp³-hybridized carbons (Fsp3) is 0.333. The molecule has 0 radical (unpaired) electrons. The Bertz CT molecular complexity index is 705. The number of hydrogen-bond donors (Lipinski definition) is 0. The maximum atomic E-state index is 6.24. The molecule has 1 aliphatic rings. The molecule has 2 aromatic rings. The lowest BCUT2D eigenvalue weighted by Gasteiger charge is -2.33. The number of hydrogen-bond acceptors (Lipinski definition) is 4. The topological polar surface area (TPSA) is 15.7 Å². The molecule has 0 aromatic heterocycles. The van der Waals surface area contributed by atoms with Crippen molar-refractivity contribution < 1.29 is 4.74 Å². The summed E-state index contributed by atoms with van der Waals surface area (Å²) < 4.78 is 5.41. The lowest BCUT2D eigenvalue weighted by Crippen LogP contribution is -2.25. The average Bonchev–Trinajstić information content (AvgIpc) is 2.54. The molecule has 0 unspecified atom stereocenters. The molecule has 2 aromatic carbocycles. The first kappa shape index (κ1) is 16.5. The second kappa shape index (κ2) is 7.04. The molecule has 1 heterocycles. The average molecular weight is 349 g/mol.